The van der Waals surface area contributed by atoms with Crippen molar-refractivity contribution in [1.82, 2.24) is 5.32 Å². The molecule has 1 rings (SSSR count). The van der Waals surface area contributed by atoms with Gasteiger partial charge in [-0.3, -0.25) is 0 Å². The summed E-state index contributed by atoms with van der Waals surface area (Å²) in [5.41, 5.74) is -0.517. The number of aldehydes is 1. The van der Waals surface area contributed by atoms with E-state index < -0.39 is 17.7 Å². The average Bonchev–Trinajstić information content (AvgIpc) is 2.83. The molecule has 1 saturated carbocycles. The molecule has 4 heteroatoms. The predicted octanol–water partition coefficient (Wildman–Crippen LogP) is 1.88. The lowest BCUT2D eigenvalue weighted by Crippen LogP contribution is -2.40. The van der Waals surface area contributed by atoms with E-state index in [2.05, 4.69) is 5.32 Å². The van der Waals surface area contributed by atoms with Crippen molar-refractivity contribution in [3.05, 3.63) is 0 Å². The fraction of sp³-hybridized carbons (Fsp3) is 0.818. The summed E-state index contributed by atoms with van der Waals surface area (Å²) in [6.45, 7) is 5.39. The smallest absolute Gasteiger partial charge is 0.408 e. The summed E-state index contributed by atoms with van der Waals surface area (Å²) in [6.07, 6.45) is 3.34. The van der Waals surface area contributed by atoms with E-state index in [1.165, 1.54) is 12.8 Å². The Hall–Kier alpha value is -1.06. The Kier molecular flexibility index (Phi) is 3.72. The topological polar surface area (TPSA) is 55.4 Å². The maximum absolute atomic E-state index is 11.3. The SMILES string of the molecule is CC(C)(C)OC(=O)NC(C=O)CC1CC1. The molecule has 0 saturated heterocycles. The minimum absolute atomic E-state index is 0.396. The Morgan fingerprint density at radius 2 is 2.13 bits per heavy atom. The standard InChI is InChI=1S/C11H19NO3/c1-11(2,3)15-10(14)12-9(7-13)6-8-4-5-8/h7-9H,4-6H2,1-3H3,(H,12,14). The van der Waals surface area contributed by atoms with Crippen LogP contribution in [0.25, 0.3) is 0 Å². The van der Waals surface area contributed by atoms with Crippen molar-refractivity contribution in [1.29, 1.82) is 0 Å². The van der Waals surface area contributed by atoms with Gasteiger partial charge in [0.1, 0.15) is 11.9 Å². The fourth-order valence-corrected chi connectivity index (χ4v) is 1.32. The molecule has 1 aliphatic rings. The number of ether oxygens (including phenoxy) is 1. The Morgan fingerprint density at radius 1 is 1.53 bits per heavy atom. The van der Waals surface area contributed by atoms with Gasteiger partial charge in [-0.25, -0.2) is 4.79 Å². The summed E-state index contributed by atoms with van der Waals surface area (Å²) in [6, 6.07) is -0.396. The van der Waals surface area contributed by atoms with E-state index >= 15 is 0 Å². The summed E-state index contributed by atoms with van der Waals surface area (Å²) >= 11 is 0. The van der Waals surface area contributed by atoms with E-state index in [-0.39, 0.29) is 0 Å². The first kappa shape index (κ1) is 12.0. The zero-order chi connectivity index (χ0) is 11.5. The van der Waals surface area contributed by atoms with Crippen LogP contribution in [0.4, 0.5) is 4.79 Å². The zero-order valence-corrected chi connectivity index (χ0v) is 9.58. The number of nitrogens with one attached hydrogen (secondary N) is 1. The van der Waals surface area contributed by atoms with E-state index in [1.54, 1.807) is 20.8 Å². The molecule has 1 unspecified atom stereocenters. The van der Waals surface area contributed by atoms with E-state index in [1.807, 2.05) is 0 Å². The highest BCUT2D eigenvalue weighted by Crippen LogP contribution is 2.33. The molecule has 0 heterocycles. The number of carbonyl (C=O) groups excluding carboxylic acids is 2. The Morgan fingerprint density at radius 3 is 2.53 bits per heavy atom. The molecule has 0 aliphatic heterocycles. The normalized spacial score (nSPS) is 18.1. The van der Waals surface area contributed by atoms with Crippen LogP contribution in [-0.4, -0.2) is 24.0 Å². The van der Waals surface area contributed by atoms with Crippen molar-refractivity contribution in [2.24, 2.45) is 5.92 Å². The van der Waals surface area contributed by atoms with Gasteiger partial charge in [0.05, 0.1) is 6.04 Å². The first-order chi connectivity index (χ1) is 6.90. The van der Waals surface area contributed by atoms with Gasteiger partial charge in [-0.05, 0) is 33.1 Å². The molecular weight excluding hydrogens is 194 g/mol. The Bertz CT molecular complexity index is 241. The van der Waals surface area contributed by atoms with Gasteiger partial charge in [0.2, 0.25) is 0 Å². The van der Waals surface area contributed by atoms with Crippen LogP contribution < -0.4 is 5.32 Å². The summed E-state index contributed by atoms with van der Waals surface area (Å²) in [7, 11) is 0. The quantitative estimate of drug-likeness (QED) is 0.725. The molecule has 1 amide bonds. The third-order valence-electron chi connectivity index (χ3n) is 2.15. The first-order valence-corrected chi connectivity index (χ1v) is 5.35. The molecule has 15 heavy (non-hydrogen) atoms. The molecule has 0 bridgehead atoms. The third-order valence-corrected chi connectivity index (χ3v) is 2.15. The molecule has 1 fully saturated rings. The molecule has 1 atom stereocenters. The van der Waals surface area contributed by atoms with Crippen molar-refractivity contribution >= 4 is 12.4 Å². The van der Waals surface area contributed by atoms with E-state index in [9.17, 15) is 9.59 Å². The van der Waals surface area contributed by atoms with Crippen molar-refractivity contribution in [2.75, 3.05) is 0 Å². The van der Waals surface area contributed by atoms with E-state index in [0.29, 0.717) is 5.92 Å². The van der Waals surface area contributed by atoms with Crippen LogP contribution in [0, 0.1) is 5.92 Å². The second kappa shape index (κ2) is 4.64. The lowest BCUT2D eigenvalue weighted by Gasteiger charge is -2.21. The van der Waals surface area contributed by atoms with E-state index in [0.717, 1.165) is 12.7 Å². The van der Waals surface area contributed by atoms with Gasteiger partial charge in [-0.2, -0.15) is 0 Å². The first-order valence-electron chi connectivity index (χ1n) is 5.35. The number of carbonyl (C=O) groups is 2. The molecule has 1 N–H and O–H groups in total. The Balaban J connectivity index is 2.30. The van der Waals surface area contributed by atoms with Crippen LogP contribution in [-0.2, 0) is 9.53 Å². The average molecular weight is 213 g/mol. The van der Waals surface area contributed by atoms with E-state index in [4.69, 9.17) is 4.74 Å². The number of amides is 1. The molecular formula is C11H19NO3. The predicted molar refractivity (Wildman–Crippen MR) is 56.6 cm³/mol. The van der Waals surface area contributed by atoms with Crippen molar-refractivity contribution in [3.63, 3.8) is 0 Å². The summed E-state index contributed by atoms with van der Waals surface area (Å²) in [4.78, 5) is 22.0. The maximum Gasteiger partial charge on any atom is 0.408 e. The highest BCUT2D eigenvalue weighted by atomic mass is 16.6. The minimum atomic E-state index is -0.517. The molecule has 0 aromatic carbocycles. The van der Waals surface area contributed by atoms with Crippen LogP contribution in [0.3, 0.4) is 0 Å². The zero-order valence-electron chi connectivity index (χ0n) is 9.58. The largest absolute Gasteiger partial charge is 0.444 e. The van der Waals surface area contributed by atoms with Gasteiger partial charge in [-0.1, -0.05) is 12.8 Å². The van der Waals surface area contributed by atoms with Crippen LogP contribution in [0.2, 0.25) is 0 Å². The number of alkyl carbamates (subject to hydrolysis) is 1. The second-order valence-corrected chi connectivity index (χ2v) is 5.07. The van der Waals surface area contributed by atoms with Crippen LogP contribution in [0.15, 0.2) is 0 Å². The van der Waals surface area contributed by atoms with Crippen molar-refractivity contribution < 1.29 is 14.3 Å². The molecule has 0 aromatic heterocycles. The van der Waals surface area contributed by atoms with Gasteiger partial charge in [0.25, 0.3) is 0 Å². The summed E-state index contributed by atoms with van der Waals surface area (Å²) in [5, 5.41) is 2.57. The van der Waals surface area contributed by atoms with Gasteiger partial charge >= 0.3 is 6.09 Å². The van der Waals surface area contributed by atoms with Crippen LogP contribution in [0.1, 0.15) is 40.0 Å². The monoisotopic (exact) mass is 213 g/mol. The number of hydrogen-bond donors (Lipinski definition) is 1. The van der Waals surface area contributed by atoms with Crippen LogP contribution >= 0.6 is 0 Å². The molecule has 1 aliphatic carbocycles. The molecule has 4 nitrogen and oxygen atoms in total. The van der Waals surface area contributed by atoms with Crippen LogP contribution in [0.5, 0.6) is 0 Å². The molecule has 0 aromatic rings. The molecule has 0 spiro atoms. The van der Waals surface area contributed by atoms with Crippen molar-refractivity contribution in [3.8, 4) is 0 Å². The highest BCUT2D eigenvalue weighted by Gasteiger charge is 2.27. The number of hydrogen-bond acceptors (Lipinski definition) is 3. The van der Waals surface area contributed by atoms with Crippen molar-refractivity contribution in [2.45, 2.75) is 51.7 Å². The Labute approximate surface area is 90.4 Å². The molecule has 0 radical (unpaired) electrons. The molecule has 86 valence electrons. The summed E-state index contributed by atoms with van der Waals surface area (Å²) < 4.78 is 5.06. The lowest BCUT2D eigenvalue weighted by atomic mass is 10.1. The minimum Gasteiger partial charge on any atom is -0.444 e. The second-order valence-electron chi connectivity index (χ2n) is 5.07. The fourth-order valence-electron chi connectivity index (χ4n) is 1.32. The van der Waals surface area contributed by atoms with Gasteiger partial charge in [-0.15, -0.1) is 0 Å². The number of rotatable bonds is 4. The highest BCUT2D eigenvalue weighted by molar-refractivity contribution is 5.73. The van der Waals surface area contributed by atoms with Gasteiger partial charge < -0.3 is 14.8 Å². The summed E-state index contributed by atoms with van der Waals surface area (Å²) in [5.74, 6) is 0.607. The lowest BCUT2D eigenvalue weighted by molar-refractivity contribution is -0.109. The van der Waals surface area contributed by atoms with Gasteiger partial charge in [0.15, 0.2) is 0 Å². The maximum atomic E-state index is 11.3. The third kappa shape index (κ3) is 5.40. The van der Waals surface area contributed by atoms with Gasteiger partial charge in [0, 0.05) is 0 Å².